The Morgan fingerprint density at radius 2 is 2.15 bits per heavy atom. The van der Waals surface area contributed by atoms with E-state index >= 15 is 0 Å². The molecule has 0 saturated carbocycles. The molecule has 0 saturated heterocycles. The second-order valence-electron chi connectivity index (χ2n) is 4.81. The highest BCUT2D eigenvalue weighted by Gasteiger charge is 2.20. The summed E-state index contributed by atoms with van der Waals surface area (Å²) in [4.78, 5) is 32.5. The Labute approximate surface area is 115 Å². The molecular weight excluding hydrogens is 266 g/mol. The SMILES string of the molecule is CC(C)CCNC(=O)Cn1cc([N+](=O)[O-])cc1C(=O)O. The van der Waals surface area contributed by atoms with E-state index in [1.807, 2.05) is 13.8 Å². The van der Waals surface area contributed by atoms with Crippen LogP contribution in [0.4, 0.5) is 5.69 Å². The lowest BCUT2D eigenvalue weighted by molar-refractivity contribution is -0.384. The van der Waals surface area contributed by atoms with Crippen LogP contribution < -0.4 is 5.32 Å². The number of carbonyl (C=O) groups is 2. The van der Waals surface area contributed by atoms with E-state index in [1.54, 1.807) is 0 Å². The van der Waals surface area contributed by atoms with Gasteiger partial charge in [0.05, 0.1) is 11.1 Å². The van der Waals surface area contributed by atoms with Gasteiger partial charge in [-0.25, -0.2) is 4.79 Å². The molecule has 8 nitrogen and oxygen atoms in total. The fourth-order valence-electron chi connectivity index (χ4n) is 1.62. The smallest absolute Gasteiger partial charge is 0.352 e. The quantitative estimate of drug-likeness (QED) is 0.577. The Kier molecular flexibility index (Phi) is 5.24. The predicted molar refractivity (Wildman–Crippen MR) is 70.5 cm³/mol. The van der Waals surface area contributed by atoms with Crippen molar-refractivity contribution in [3.05, 3.63) is 28.1 Å². The molecule has 0 aliphatic rings. The molecule has 0 unspecified atom stereocenters. The van der Waals surface area contributed by atoms with Crippen LogP contribution in [0.3, 0.4) is 0 Å². The van der Waals surface area contributed by atoms with Gasteiger partial charge in [0.1, 0.15) is 12.2 Å². The zero-order valence-corrected chi connectivity index (χ0v) is 11.3. The van der Waals surface area contributed by atoms with Gasteiger partial charge < -0.3 is 15.0 Å². The number of amides is 1. The van der Waals surface area contributed by atoms with Crippen molar-refractivity contribution < 1.29 is 19.6 Å². The Balaban J connectivity index is 2.73. The normalized spacial score (nSPS) is 10.6. The number of carboxylic acids is 1. The fourth-order valence-corrected chi connectivity index (χ4v) is 1.62. The van der Waals surface area contributed by atoms with Gasteiger partial charge >= 0.3 is 5.97 Å². The first-order chi connectivity index (χ1) is 9.31. The van der Waals surface area contributed by atoms with Gasteiger partial charge in [-0.15, -0.1) is 0 Å². The van der Waals surface area contributed by atoms with Crippen molar-refractivity contribution in [1.82, 2.24) is 9.88 Å². The summed E-state index contributed by atoms with van der Waals surface area (Å²) in [5.74, 6) is -1.25. The molecule has 0 radical (unpaired) electrons. The molecule has 2 N–H and O–H groups in total. The number of carbonyl (C=O) groups excluding carboxylic acids is 1. The van der Waals surface area contributed by atoms with Crippen LogP contribution in [0.15, 0.2) is 12.3 Å². The zero-order chi connectivity index (χ0) is 15.3. The molecule has 8 heteroatoms. The Bertz CT molecular complexity index is 521. The van der Waals surface area contributed by atoms with E-state index in [9.17, 15) is 19.7 Å². The van der Waals surface area contributed by atoms with Crippen LogP contribution in [0.1, 0.15) is 30.8 Å². The highest BCUT2D eigenvalue weighted by molar-refractivity contribution is 5.88. The first kappa shape index (κ1) is 15.7. The van der Waals surface area contributed by atoms with Crippen LogP contribution in [0.5, 0.6) is 0 Å². The second kappa shape index (κ2) is 6.69. The summed E-state index contributed by atoms with van der Waals surface area (Å²) in [6, 6.07) is 0.934. The maximum atomic E-state index is 11.7. The van der Waals surface area contributed by atoms with E-state index in [0.717, 1.165) is 23.3 Å². The number of hydrogen-bond acceptors (Lipinski definition) is 4. The molecule has 0 bridgehead atoms. The third kappa shape index (κ3) is 4.38. The predicted octanol–water partition coefficient (Wildman–Crippen LogP) is 1.26. The van der Waals surface area contributed by atoms with E-state index < -0.39 is 10.9 Å². The summed E-state index contributed by atoms with van der Waals surface area (Å²) < 4.78 is 1.06. The van der Waals surface area contributed by atoms with Gasteiger partial charge in [-0.05, 0) is 12.3 Å². The average molecular weight is 283 g/mol. The van der Waals surface area contributed by atoms with E-state index in [-0.39, 0.29) is 23.8 Å². The van der Waals surface area contributed by atoms with E-state index in [1.165, 1.54) is 0 Å². The van der Waals surface area contributed by atoms with Crippen molar-refractivity contribution in [3.63, 3.8) is 0 Å². The molecule has 1 rings (SSSR count). The van der Waals surface area contributed by atoms with Crippen LogP contribution in [-0.4, -0.2) is 33.0 Å². The first-order valence-corrected chi connectivity index (χ1v) is 6.15. The summed E-state index contributed by atoms with van der Waals surface area (Å²) in [7, 11) is 0. The molecule has 0 aliphatic heterocycles. The second-order valence-corrected chi connectivity index (χ2v) is 4.81. The number of hydrogen-bond donors (Lipinski definition) is 2. The average Bonchev–Trinajstić information content (AvgIpc) is 2.72. The van der Waals surface area contributed by atoms with Crippen LogP contribution in [-0.2, 0) is 11.3 Å². The van der Waals surface area contributed by atoms with Gasteiger partial charge in [0.2, 0.25) is 5.91 Å². The standard InChI is InChI=1S/C12H17N3O5/c1-8(2)3-4-13-11(16)7-14-6-9(15(19)20)5-10(14)12(17)18/h5-6,8H,3-4,7H2,1-2H3,(H,13,16)(H,17,18). The van der Waals surface area contributed by atoms with Gasteiger partial charge in [0.25, 0.3) is 5.69 Å². The third-order valence-corrected chi connectivity index (χ3v) is 2.67. The van der Waals surface area contributed by atoms with Crippen molar-refractivity contribution in [3.8, 4) is 0 Å². The maximum absolute atomic E-state index is 11.7. The van der Waals surface area contributed by atoms with Gasteiger partial charge in [-0.1, -0.05) is 13.8 Å². The minimum Gasteiger partial charge on any atom is -0.477 e. The van der Waals surface area contributed by atoms with Crippen molar-refractivity contribution in [2.24, 2.45) is 5.92 Å². The number of nitrogens with zero attached hydrogens (tertiary/aromatic N) is 2. The van der Waals surface area contributed by atoms with Crippen molar-refractivity contribution in [1.29, 1.82) is 0 Å². The summed E-state index contributed by atoms with van der Waals surface area (Å²) in [5.41, 5.74) is -0.631. The number of nitro groups is 1. The first-order valence-electron chi connectivity index (χ1n) is 6.15. The molecule has 110 valence electrons. The number of rotatable bonds is 7. The fraction of sp³-hybridized carbons (Fsp3) is 0.500. The van der Waals surface area contributed by atoms with E-state index in [2.05, 4.69) is 5.32 Å². The minimum absolute atomic E-state index is 0.256. The Morgan fingerprint density at radius 3 is 2.65 bits per heavy atom. The highest BCUT2D eigenvalue weighted by atomic mass is 16.6. The molecule has 1 aromatic heterocycles. The third-order valence-electron chi connectivity index (χ3n) is 2.67. The van der Waals surface area contributed by atoms with Crippen LogP contribution >= 0.6 is 0 Å². The monoisotopic (exact) mass is 283 g/mol. The molecule has 0 spiro atoms. The molecule has 0 fully saturated rings. The summed E-state index contributed by atoms with van der Waals surface area (Å²) >= 11 is 0. The molecule has 0 atom stereocenters. The topological polar surface area (TPSA) is 114 Å². The molecule has 0 aromatic carbocycles. The number of nitrogens with one attached hydrogen (secondary N) is 1. The van der Waals surface area contributed by atoms with Crippen molar-refractivity contribution >= 4 is 17.6 Å². The minimum atomic E-state index is -1.31. The lowest BCUT2D eigenvalue weighted by Crippen LogP contribution is -2.29. The molecular formula is C12H17N3O5. The molecule has 1 aromatic rings. The maximum Gasteiger partial charge on any atom is 0.352 e. The van der Waals surface area contributed by atoms with Gasteiger partial charge in [-0.2, -0.15) is 0 Å². The van der Waals surface area contributed by atoms with Crippen LogP contribution in [0.2, 0.25) is 0 Å². The lowest BCUT2D eigenvalue weighted by Gasteiger charge is -2.08. The van der Waals surface area contributed by atoms with E-state index in [0.29, 0.717) is 12.5 Å². The van der Waals surface area contributed by atoms with Gasteiger partial charge in [0, 0.05) is 12.6 Å². The van der Waals surface area contributed by atoms with Crippen molar-refractivity contribution in [2.75, 3.05) is 6.54 Å². The Morgan fingerprint density at radius 1 is 1.50 bits per heavy atom. The largest absolute Gasteiger partial charge is 0.477 e. The molecule has 1 amide bonds. The van der Waals surface area contributed by atoms with Crippen LogP contribution in [0, 0.1) is 16.0 Å². The summed E-state index contributed by atoms with van der Waals surface area (Å²) in [5, 5.41) is 22.2. The lowest BCUT2D eigenvalue weighted by atomic mass is 10.1. The van der Waals surface area contributed by atoms with Crippen LogP contribution in [0.25, 0.3) is 0 Å². The Hall–Kier alpha value is -2.38. The summed E-state index contributed by atoms with van der Waals surface area (Å²) in [6.07, 6.45) is 1.86. The molecule has 1 heterocycles. The van der Waals surface area contributed by atoms with Gasteiger partial charge in [0.15, 0.2) is 0 Å². The number of aromatic nitrogens is 1. The van der Waals surface area contributed by atoms with Gasteiger partial charge in [-0.3, -0.25) is 14.9 Å². The highest BCUT2D eigenvalue weighted by Crippen LogP contribution is 2.16. The number of carboxylic acid groups (broad SMARTS) is 1. The van der Waals surface area contributed by atoms with Crippen molar-refractivity contribution in [2.45, 2.75) is 26.8 Å². The molecule has 20 heavy (non-hydrogen) atoms. The molecule has 0 aliphatic carbocycles. The number of aromatic carboxylic acids is 1. The van der Waals surface area contributed by atoms with E-state index in [4.69, 9.17) is 5.11 Å². The summed E-state index contributed by atoms with van der Waals surface area (Å²) in [6.45, 7) is 4.27. The zero-order valence-electron chi connectivity index (χ0n) is 11.3.